The number of hydrogen-bond acceptors (Lipinski definition) is 2. The fourth-order valence-corrected chi connectivity index (χ4v) is 10.3. The number of furan rings is 1. The molecule has 0 radical (unpaired) electrons. The molecule has 0 saturated heterocycles. The molecule has 0 atom stereocenters. The van der Waals surface area contributed by atoms with Crippen LogP contribution in [-0.2, 0) is 0 Å². The average Bonchev–Trinajstić information content (AvgIpc) is 3.95. The number of fused-ring (bicyclic) bond motifs is 7. The Hall–Kier alpha value is -8.92. The SMILES string of the molecule is c1cc(-c2ccc(N(c3cccc(-c4cccc5ccccc45)c3)c3cccc(-c4cccc5oc6ccccc6c45)c3)cc2)cc(-c2cccc(-n3c4ccccc4c4ccccc43)c2)c1. The predicted molar refractivity (Wildman–Crippen MR) is 282 cm³/mol. The smallest absolute Gasteiger partial charge is 0.136 e. The first-order chi connectivity index (χ1) is 33.2. The molecule has 2 aromatic heterocycles. The van der Waals surface area contributed by atoms with Crippen LogP contribution in [0.15, 0.2) is 259 Å². The Morgan fingerprint density at radius 3 is 1.55 bits per heavy atom. The maximum absolute atomic E-state index is 6.33. The molecule has 0 N–H and O–H groups in total. The second kappa shape index (κ2) is 16.0. The van der Waals surface area contributed by atoms with Gasteiger partial charge in [0.15, 0.2) is 0 Å². The Morgan fingerprint density at radius 1 is 0.299 bits per heavy atom. The Balaban J connectivity index is 0.899. The van der Waals surface area contributed by atoms with Crippen molar-refractivity contribution in [3.63, 3.8) is 0 Å². The van der Waals surface area contributed by atoms with Gasteiger partial charge in [-0.3, -0.25) is 0 Å². The van der Waals surface area contributed by atoms with Crippen LogP contribution in [0.1, 0.15) is 0 Å². The summed E-state index contributed by atoms with van der Waals surface area (Å²) in [5, 5.41) is 7.24. The number of rotatable bonds is 8. The summed E-state index contributed by atoms with van der Waals surface area (Å²) in [6.07, 6.45) is 0. The van der Waals surface area contributed by atoms with Crippen LogP contribution in [0.4, 0.5) is 17.1 Å². The zero-order chi connectivity index (χ0) is 44.3. The van der Waals surface area contributed by atoms with E-state index in [0.717, 1.165) is 61.4 Å². The van der Waals surface area contributed by atoms with Gasteiger partial charge in [-0.1, -0.05) is 176 Å². The van der Waals surface area contributed by atoms with Crippen molar-refractivity contribution >= 4 is 71.6 Å². The van der Waals surface area contributed by atoms with Gasteiger partial charge in [-0.05, 0) is 134 Å². The minimum Gasteiger partial charge on any atom is -0.456 e. The second-order valence-corrected chi connectivity index (χ2v) is 17.3. The summed E-state index contributed by atoms with van der Waals surface area (Å²) in [6.45, 7) is 0. The molecule has 0 aliphatic carbocycles. The van der Waals surface area contributed by atoms with Crippen molar-refractivity contribution < 1.29 is 4.42 Å². The first-order valence-corrected chi connectivity index (χ1v) is 22.9. The van der Waals surface area contributed by atoms with Gasteiger partial charge in [0.25, 0.3) is 0 Å². The normalized spacial score (nSPS) is 11.6. The monoisotopic (exact) mass is 854 g/mol. The molecule has 314 valence electrons. The molecule has 3 heteroatoms. The number of benzene rings is 11. The number of hydrogen-bond donors (Lipinski definition) is 0. The van der Waals surface area contributed by atoms with Crippen LogP contribution < -0.4 is 4.90 Å². The Morgan fingerprint density at radius 2 is 0.806 bits per heavy atom. The van der Waals surface area contributed by atoms with Crippen molar-refractivity contribution in [2.45, 2.75) is 0 Å². The van der Waals surface area contributed by atoms with E-state index in [1.54, 1.807) is 0 Å². The highest BCUT2D eigenvalue weighted by Crippen LogP contribution is 2.43. The van der Waals surface area contributed by atoms with E-state index in [9.17, 15) is 0 Å². The molecule has 67 heavy (non-hydrogen) atoms. The van der Waals surface area contributed by atoms with E-state index in [1.165, 1.54) is 60.4 Å². The van der Waals surface area contributed by atoms with Crippen LogP contribution in [0.5, 0.6) is 0 Å². The third kappa shape index (κ3) is 6.67. The van der Waals surface area contributed by atoms with Crippen molar-refractivity contribution in [2.24, 2.45) is 0 Å². The van der Waals surface area contributed by atoms with Crippen LogP contribution in [0.3, 0.4) is 0 Å². The molecule has 11 aromatic carbocycles. The third-order valence-corrected chi connectivity index (χ3v) is 13.4. The lowest BCUT2D eigenvalue weighted by atomic mass is 9.97. The highest BCUT2D eigenvalue weighted by Gasteiger charge is 2.18. The van der Waals surface area contributed by atoms with Crippen molar-refractivity contribution in [2.75, 3.05) is 4.90 Å². The second-order valence-electron chi connectivity index (χ2n) is 17.3. The van der Waals surface area contributed by atoms with Crippen LogP contribution in [0, 0.1) is 0 Å². The molecule has 0 unspecified atom stereocenters. The number of aromatic nitrogens is 1. The van der Waals surface area contributed by atoms with Gasteiger partial charge < -0.3 is 13.9 Å². The molecule has 0 spiro atoms. The summed E-state index contributed by atoms with van der Waals surface area (Å²) in [5.41, 5.74) is 17.9. The number of para-hydroxylation sites is 3. The van der Waals surface area contributed by atoms with Gasteiger partial charge in [-0.15, -0.1) is 0 Å². The standard InChI is InChI=1S/C64H42N2O/c1-2-25-54-44(15-1)16-13-29-55(54)48-20-11-22-51(41-48)65(52-23-12-21-49(42-52)56-30-14-34-63-64(56)59-28-5-8-33-62(59)67-63)50-37-35-43(36-38-50)45-17-9-18-46(39-45)47-19-10-24-53(40-47)66-60-31-6-3-26-57(60)58-27-4-7-32-61(58)66/h1-42H. The molecule has 0 saturated carbocycles. The zero-order valence-electron chi connectivity index (χ0n) is 36.6. The molecule has 3 nitrogen and oxygen atoms in total. The first-order valence-electron chi connectivity index (χ1n) is 22.9. The topological polar surface area (TPSA) is 21.3 Å². The van der Waals surface area contributed by atoms with Gasteiger partial charge in [-0.25, -0.2) is 0 Å². The van der Waals surface area contributed by atoms with Crippen LogP contribution in [0.2, 0.25) is 0 Å². The maximum atomic E-state index is 6.33. The van der Waals surface area contributed by atoms with Gasteiger partial charge in [-0.2, -0.15) is 0 Å². The summed E-state index contributed by atoms with van der Waals surface area (Å²) in [4.78, 5) is 2.38. The lowest BCUT2D eigenvalue weighted by molar-refractivity contribution is 0.669. The summed E-state index contributed by atoms with van der Waals surface area (Å²) >= 11 is 0. The predicted octanol–water partition coefficient (Wildman–Crippen LogP) is 18.0. The molecular formula is C64H42N2O. The molecule has 2 heterocycles. The number of nitrogens with zero attached hydrogens (tertiary/aromatic N) is 2. The van der Waals surface area contributed by atoms with Gasteiger partial charge in [0.1, 0.15) is 11.2 Å². The summed E-state index contributed by atoms with van der Waals surface area (Å²) in [5.74, 6) is 0. The molecule has 0 aliphatic rings. The summed E-state index contributed by atoms with van der Waals surface area (Å²) in [6, 6.07) is 92.0. The van der Waals surface area contributed by atoms with Crippen molar-refractivity contribution in [1.29, 1.82) is 0 Å². The van der Waals surface area contributed by atoms with E-state index in [2.05, 4.69) is 252 Å². The average molecular weight is 855 g/mol. The Kier molecular flexibility index (Phi) is 9.17. The lowest BCUT2D eigenvalue weighted by Crippen LogP contribution is -2.10. The van der Waals surface area contributed by atoms with E-state index in [1.807, 2.05) is 12.1 Å². The van der Waals surface area contributed by atoms with E-state index < -0.39 is 0 Å². The fourth-order valence-electron chi connectivity index (χ4n) is 10.3. The largest absolute Gasteiger partial charge is 0.456 e. The molecule has 13 aromatic rings. The minimum atomic E-state index is 0.888. The van der Waals surface area contributed by atoms with E-state index in [-0.39, 0.29) is 0 Å². The van der Waals surface area contributed by atoms with E-state index in [0.29, 0.717) is 0 Å². The molecule has 0 bridgehead atoms. The minimum absolute atomic E-state index is 0.888. The zero-order valence-corrected chi connectivity index (χ0v) is 36.6. The van der Waals surface area contributed by atoms with Gasteiger partial charge in [0.05, 0.1) is 11.0 Å². The van der Waals surface area contributed by atoms with Gasteiger partial charge in [0, 0.05) is 44.3 Å². The number of anilines is 3. The molecule has 0 fully saturated rings. The summed E-state index contributed by atoms with van der Waals surface area (Å²) in [7, 11) is 0. The van der Waals surface area contributed by atoms with Crippen molar-refractivity contribution in [3.05, 3.63) is 255 Å². The highest BCUT2D eigenvalue weighted by molar-refractivity contribution is 6.13. The summed E-state index contributed by atoms with van der Waals surface area (Å²) < 4.78 is 8.72. The van der Waals surface area contributed by atoms with Gasteiger partial charge >= 0.3 is 0 Å². The fraction of sp³-hybridized carbons (Fsp3) is 0. The maximum Gasteiger partial charge on any atom is 0.136 e. The Labute approximate surface area is 388 Å². The van der Waals surface area contributed by atoms with Gasteiger partial charge in [0.2, 0.25) is 0 Å². The highest BCUT2D eigenvalue weighted by atomic mass is 16.3. The van der Waals surface area contributed by atoms with Crippen LogP contribution in [0.25, 0.3) is 105 Å². The first kappa shape index (κ1) is 38.5. The van der Waals surface area contributed by atoms with E-state index in [4.69, 9.17) is 4.42 Å². The molecular weight excluding hydrogens is 813 g/mol. The lowest BCUT2D eigenvalue weighted by Gasteiger charge is -2.27. The molecule has 0 aliphatic heterocycles. The van der Waals surface area contributed by atoms with Crippen LogP contribution in [-0.4, -0.2) is 4.57 Å². The Bertz CT molecular complexity index is 3950. The van der Waals surface area contributed by atoms with E-state index >= 15 is 0 Å². The van der Waals surface area contributed by atoms with Crippen LogP contribution >= 0.6 is 0 Å². The van der Waals surface area contributed by atoms with Crippen molar-refractivity contribution in [1.82, 2.24) is 4.57 Å². The molecule has 0 amide bonds. The quantitative estimate of drug-likeness (QED) is 0.152. The third-order valence-electron chi connectivity index (χ3n) is 13.4. The van der Waals surface area contributed by atoms with Crippen molar-refractivity contribution in [3.8, 4) is 50.2 Å². The molecule has 13 rings (SSSR count).